The highest BCUT2D eigenvalue weighted by Crippen LogP contribution is 2.07. The largest absolute Gasteiger partial charge is 0.345 e. The lowest BCUT2D eigenvalue weighted by atomic mass is 10.1. The molecule has 0 fully saturated rings. The van der Waals surface area contributed by atoms with Crippen molar-refractivity contribution in [2.24, 2.45) is 7.05 Å². The zero-order chi connectivity index (χ0) is 12.4. The van der Waals surface area contributed by atoms with Crippen molar-refractivity contribution in [3.8, 4) is 0 Å². The summed E-state index contributed by atoms with van der Waals surface area (Å²) in [4.78, 5) is 23.4. The van der Waals surface area contributed by atoms with Gasteiger partial charge >= 0.3 is 5.69 Å². The van der Waals surface area contributed by atoms with Crippen LogP contribution in [0.1, 0.15) is 10.4 Å². The van der Waals surface area contributed by atoms with Crippen LogP contribution in [0.25, 0.3) is 0 Å². The molecule has 0 aliphatic carbocycles. The van der Waals surface area contributed by atoms with Crippen LogP contribution >= 0.6 is 22.6 Å². The number of carbonyl (C=O) groups excluding carboxylic acids is 1. The van der Waals surface area contributed by atoms with Crippen molar-refractivity contribution in [3.05, 3.63) is 50.2 Å². The third-order valence-electron chi connectivity index (χ3n) is 2.35. The molecule has 0 unspecified atom stereocenters. The molecule has 1 aromatic carbocycles. The number of halogens is 1. The van der Waals surface area contributed by atoms with E-state index in [1.54, 1.807) is 19.2 Å². The average molecular weight is 343 g/mol. The summed E-state index contributed by atoms with van der Waals surface area (Å²) in [5.41, 5.74) is 0.298. The van der Waals surface area contributed by atoms with Crippen molar-refractivity contribution in [2.75, 3.05) is 0 Å². The molecule has 1 aromatic heterocycles. The molecule has 0 atom stereocenters. The van der Waals surface area contributed by atoms with Crippen LogP contribution in [0.2, 0.25) is 0 Å². The van der Waals surface area contributed by atoms with Crippen molar-refractivity contribution < 1.29 is 4.79 Å². The van der Waals surface area contributed by atoms with E-state index in [0.717, 1.165) is 8.25 Å². The number of carbonyl (C=O) groups is 1. The monoisotopic (exact) mass is 343 g/mol. The summed E-state index contributed by atoms with van der Waals surface area (Å²) in [6.07, 6.45) is 1.39. The summed E-state index contributed by atoms with van der Waals surface area (Å²) in [5.74, 6) is -0.123. The molecule has 0 radical (unpaired) electrons. The molecule has 6 heteroatoms. The topological polar surface area (TPSA) is 56.9 Å². The van der Waals surface area contributed by atoms with Gasteiger partial charge in [-0.1, -0.05) is 12.1 Å². The Balaban J connectivity index is 2.20. The SMILES string of the molecule is Cn1cnn(CC(=O)c2ccc(I)cc2)c1=O. The Morgan fingerprint density at radius 2 is 2.00 bits per heavy atom. The third kappa shape index (κ3) is 2.63. The normalized spacial score (nSPS) is 10.5. The van der Waals surface area contributed by atoms with Gasteiger partial charge in [0, 0.05) is 16.2 Å². The summed E-state index contributed by atoms with van der Waals surface area (Å²) in [7, 11) is 1.60. The van der Waals surface area contributed by atoms with E-state index in [0.29, 0.717) is 5.56 Å². The van der Waals surface area contributed by atoms with Crippen LogP contribution in [0, 0.1) is 3.57 Å². The molecule has 5 nitrogen and oxygen atoms in total. The minimum atomic E-state index is -0.288. The fourth-order valence-corrected chi connectivity index (χ4v) is 1.75. The van der Waals surface area contributed by atoms with Gasteiger partial charge in [0.15, 0.2) is 5.78 Å². The molecule has 0 bridgehead atoms. The minimum absolute atomic E-state index is 0.0275. The summed E-state index contributed by atoms with van der Waals surface area (Å²) in [6, 6.07) is 7.21. The standard InChI is InChI=1S/C11H10IN3O2/c1-14-7-13-15(11(14)17)6-10(16)8-2-4-9(12)5-3-8/h2-5,7H,6H2,1H3. The quantitative estimate of drug-likeness (QED) is 0.619. The third-order valence-corrected chi connectivity index (χ3v) is 3.07. The molecule has 88 valence electrons. The lowest BCUT2D eigenvalue weighted by molar-refractivity contribution is 0.0966. The molecule has 0 amide bonds. The maximum Gasteiger partial charge on any atom is 0.345 e. The Labute approximate surface area is 111 Å². The van der Waals surface area contributed by atoms with Gasteiger partial charge in [-0.3, -0.25) is 9.36 Å². The van der Waals surface area contributed by atoms with Crippen molar-refractivity contribution in [3.63, 3.8) is 0 Å². The molecular weight excluding hydrogens is 333 g/mol. The van der Waals surface area contributed by atoms with Gasteiger partial charge < -0.3 is 0 Å². The van der Waals surface area contributed by atoms with Crippen LogP contribution in [-0.2, 0) is 13.6 Å². The first-order chi connectivity index (χ1) is 8.08. The van der Waals surface area contributed by atoms with Crippen LogP contribution in [0.4, 0.5) is 0 Å². The Morgan fingerprint density at radius 1 is 1.35 bits per heavy atom. The van der Waals surface area contributed by atoms with Crippen LogP contribution in [0.15, 0.2) is 35.4 Å². The smallest absolute Gasteiger partial charge is 0.292 e. The summed E-state index contributed by atoms with van der Waals surface area (Å²) < 4.78 is 3.55. The highest BCUT2D eigenvalue weighted by atomic mass is 127. The maximum absolute atomic E-state index is 11.9. The molecule has 0 saturated heterocycles. The van der Waals surface area contributed by atoms with Crippen molar-refractivity contribution in [2.45, 2.75) is 6.54 Å². The summed E-state index contributed by atoms with van der Waals surface area (Å²) in [5, 5.41) is 3.84. The Bertz CT molecular complexity index is 598. The fourth-order valence-electron chi connectivity index (χ4n) is 1.39. The van der Waals surface area contributed by atoms with Gasteiger partial charge in [-0.25, -0.2) is 9.48 Å². The van der Waals surface area contributed by atoms with Crippen LogP contribution in [-0.4, -0.2) is 20.1 Å². The Kier molecular flexibility index (Phi) is 3.41. The van der Waals surface area contributed by atoms with Crippen molar-refractivity contribution >= 4 is 28.4 Å². The zero-order valence-electron chi connectivity index (χ0n) is 9.13. The van der Waals surface area contributed by atoms with Gasteiger partial charge in [0.1, 0.15) is 12.9 Å². The minimum Gasteiger partial charge on any atom is -0.292 e. The van der Waals surface area contributed by atoms with Crippen molar-refractivity contribution in [1.29, 1.82) is 0 Å². The highest BCUT2D eigenvalue weighted by Gasteiger charge is 2.09. The number of hydrogen-bond donors (Lipinski definition) is 0. The maximum atomic E-state index is 11.9. The summed E-state index contributed by atoms with van der Waals surface area (Å²) >= 11 is 2.17. The zero-order valence-corrected chi connectivity index (χ0v) is 11.3. The van der Waals surface area contributed by atoms with Gasteiger partial charge in [-0.15, -0.1) is 0 Å². The first kappa shape index (κ1) is 12.0. The van der Waals surface area contributed by atoms with E-state index in [2.05, 4.69) is 27.7 Å². The average Bonchev–Trinajstić information content (AvgIpc) is 2.62. The number of aryl methyl sites for hydroxylation is 1. The van der Waals surface area contributed by atoms with Crippen molar-refractivity contribution in [1.82, 2.24) is 14.3 Å². The van der Waals surface area contributed by atoms with E-state index in [4.69, 9.17) is 0 Å². The van der Waals surface area contributed by atoms with E-state index in [1.165, 1.54) is 10.9 Å². The van der Waals surface area contributed by atoms with Crippen LogP contribution in [0.3, 0.4) is 0 Å². The number of rotatable bonds is 3. The molecule has 2 rings (SSSR count). The van der Waals surface area contributed by atoms with Gasteiger partial charge in [-0.2, -0.15) is 5.10 Å². The lowest BCUT2D eigenvalue weighted by Crippen LogP contribution is -2.26. The van der Waals surface area contributed by atoms with Gasteiger partial charge in [0.2, 0.25) is 0 Å². The second kappa shape index (κ2) is 4.82. The molecule has 2 aromatic rings. The molecule has 0 aliphatic rings. The number of hydrogen-bond acceptors (Lipinski definition) is 3. The number of ketones is 1. The molecule has 0 spiro atoms. The van der Waals surface area contributed by atoms with E-state index in [1.807, 2.05) is 12.1 Å². The summed E-state index contributed by atoms with van der Waals surface area (Å²) in [6.45, 7) is -0.0275. The molecular formula is C11H10IN3O2. The first-order valence-corrected chi connectivity index (χ1v) is 6.03. The molecule has 0 N–H and O–H groups in total. The predicted molar refractivity (Wildman–Crippen MR) is 71.0 cm³/mol. The number of Topliss-reactive ketones (excluding diaryl/α,β-unsaturated/α-hetero) is 1. The second-order valence-electron chi connectivity index (χ2n) is 3.61. The Morgan fingerprint density at radius 3 is 2.53 bits per heavy atom. The molecule has 17 heavy (non-hydrogen) atoms. The van der Waals surface area contributed by atoms with Gasteiger partial charge in [-0.05, 0) is 34.7 Å². The van der Waals surface area contributed by atoms with Gasteiger partial charge in [0.25, 0.3) is 0 Å². The van der Waals surface area contributed by atoms with E-state index in [-0.39, 0.29) is 18.0 Å². The van der Waals surface area contributed by atoms with E-state index in [9.17, 15) is 9.59 Å². The number of benzene rings is 1. The number of nitrogens with zero attached hydrogens (tertiary/aromatic N) is 3. The molecule has 0 aliphatic heterocycles. The van der Waals surface area contributed by atoms with E-state index >= 15 is 0 Å². The second-order valence-corrected chi connectivity index (χ2v) is 4.86. The number of aromatic nitrogens is 3. The first-order valence-electron chi connectivity index (χ1n) is 4.95. The van der Waals surface area contributed by atoms with E-state index < -0.39 is 0 Å². The highest BCUT2D eigenvalue weighted by molar-refractivity contribution is 14.1. The van der Waals surface area contributed by atoms with Gasteiger partial charge in [0.05, 0.1) is 0 Å². The Hall–Kier alpha value is -1.44. The lowest BCUT2D eigenvalue weighted by Gasteiger charge is -2.00. The van der Waals surface area contributed by atoms with Crippen LogP contribution < -0.4 is 5.69 Å². The molecule has 1 heterocycles. The predicted octanol–water partition coefficient (Wildman–Crippen LogP) is 1.07. The van der Waals surface area contributed by atoms with Crippen LogP contribution in [0.5, 0.6) is 0 Å². The molecule has 0 saturated carbocycles. The fraction of sp³-hybridized carbons (Fsp3) is 0.182.